The molecule has 1 aliphatic carbocycles. The number of morpholine rings is 1. The minimum atomic E-state index is -0.272. The molecule has 0 aromatic carbocycles. The van der Waals surface area contributed by atoms with Crippen molar-refractivity contribution >= 4 is 5.82 Å². The second-order valence-corrected chi connectivity index (χ2v) is 8.10. The maximum Gasteiger partial charge on any atom is 0.137 e. The first-order chi connectivity index (χ1) is 12.8. The van der Waals surface area contributed by atoms with Gasteiger partial charge in [-0.05, 0) is 12.8 Å². The molecular weight excluding hydrogens is 330 g/mol. The van der Waals surface area contributed by atoms with Crippen molar-refractivity contribution in [2.75, 3.05) is 50.9 Å². The quantitative estimate of drug-likeness (QED) is 0.814. The van der Waals surface area contributed by atoms with E-state index in [1.54, 1.807) is 0 Å². The molecule has 1 saturated carbocycles. The average molecular weight is 359 g/mol. The zero-order chi connectivity index (χ0) is 17.4. The SMILES string of the molecule is C1CCC(c2nc3c(c(N4CCOC5(CNCCOC5)C4)n2)CNC3)C1. The Labute approximate surface area is 154 Å². The smallest absolute Gasteiger partial charge is 0.137 e. The number of hydrogen-bond donors (Lipinski definition) is 2. The molecule has 5 rings (SSSR count). The van der Waals surface area contributed by atoms with Crippen molar-refractivity contribution in [3.63, 3.8) is 0 Å². The molecule has 1 aromatic heterocycles. The molecule has 7 heteroatoms. The van der Waals surface area contributed by atoms with Crippen LogP contribution in [-0.2, 0) is 22.6 Å². The van der Waals surface area contributed by atoms with Crippen LogP contribution < -0.4 is 15.5 Å². The number of rotatable bonds is 2. The van der Waals surface area contributed by atoms with Gasteiger partial charge in [-0.1, -0.05) is 12.8 Å². The van der Waals surface area contributed by atoms with Crippen LogP contribution in [0.2, 0.25) is 0 Å². The Morgan fingerprint density at radius 1 is 1.08 bits per heavy atom. The minimum Gasteiger partial charge on any atom is -0.377 e. The molecule has 1 atom stereocenters. The Balaban J connectivity index is 1.46. The van der Waals surface area contributed by atoms with Gasteiger partial charge < -0.3 is 25.0 Å². The van der Waals surface area contributed by atoms with Crippen LogP contribution in [0.1, 0.15) is 48.7 Å². The molecule has 0 radical (unpaired) electrons. The molecule has 4 aliphatic rings. The van der Waals surface area contributed by atoms with E-state index < -0.39 is 0 Å². The van der Waals surface area contributed by atoms with E-state index in [9.17, 15) is 0 Å². The van der Waals surface area contributed by atoms with Crippen molar-refractivity contribution in [1.29, 1.82) is 0 Å². The molecular formula is C19H29N5O2. The van der Waals surface area contributed by atoms with Crippen molar-refractivity contribution in [3.8, 4) is 0 Å². The summed E-state index contributed by atoms with van der Waals surface area (Å²) in [5, 5.41) is 6.94. The summed E-state index contributed by atoms with van der Waals surface area (Å²) < 4.78 is 12.0. The largest absolute Gasteiger partial charge is 0.377 e. The summed E-state index contributed by atoms with van der Waals surface area (Å²) in [6.45, 7) is 7.30. The van der Waals surface area contributed by atoms with Crippen LogP contribution in [0, 0.1) is 0 Å². The maximum atomic E-state index is 6.20. The fourth-order valence-electron chi connectivity index (χ4n) is 4.79. The predicted molar refractivity (Wildman–Crippen MR) is 98.4 cm³/mol. The normalized spacial score (nSPS) is 29.9. The Bertz CT molecular complexity index is 654. The van der Waals surface area contributed by atoms with Gasteiger partial charge in [0.25, 0.3) is 0 Å². The van der Waals surface area contributed by atoms with Crippen LogP contribution in [0.5, 0.6) is 0 Å². The molecule has 142 valence electrons. The van der Waals surface area contributed by atoms with Crippen LogP contribution in [0.3, 0.4) is 0 Å². The van der Waals surface area contributed by atoms with E-state index in [4.69, 9.17) is 19.4 Å². The van der Waals surface area contributed by atoms with E-state index in [0.717, 1.165) is 64.1 Å². The molecule has 0 amide bonds. The zero-order valence-electron chi connectivity index (χ0n) is 15.4. The van der Waals surface area contributed by atoms with Gasteiger partial charge in [-0.25, -0.2) is 9.97 Å². The number of ether oxygens (including phenoxy) is 2. The van der Waals surface area contributed by atoms with Crippen molar-refractivity contribution in [1.82, 2.24) is 20.6 Å². The monoisotopic (exact) mass is 359 g/mol. The highest BCUT2D eigenvalue weighted by atomic mass is 16.5. The average Bonchev–Trinajstić information content (AvgIpc) is 3.31. The maximum absolute atomic E-state index is 6.20. The van der Waals surface area contributed by atoms with E-state index in [1.165, 1.54) is 36.9 Å². The van der Waals surface area contributed by atoms with Crippen LogP contribution in [0.4, 0.5) is 5.82 Å². The van der Waals surface area contributed by atoms with Gasteiger partial charge in [0.1, 0.15) is 17.2 Å². The Kier molecular flexibility index (Phi) is 4.56. The van der Waals surface area contributed by atoms with Crippen LogP contribution in [-0.4, -0.2) is 61.6 Å². The highest BCUT2D eigenvalue weighted by molar-refractivity contribution is 5.52. The van der Waals surface area contributed by atoms with Gasteiger partial charge >= 0.3 is 0 Å². The van der Waals surface area contributed by atoms with Crippen molar-refractivity contribution in [3.05, 3.63) is 17.1 Å². The summed E-state index contributed by atoms with van der Waals surface area (Å²) in [5.41, 5.74) is 2.21. The Hall–Kier alpha value is -1.28. The molecule has 2 saturated heterocycles. The fraction of sp³-hybridized carbons (Fsp3) is 0.789. The molecule has 4 heterocycles. The molecule has 0 bridgehead atoms. The summed E-state index contributed by atoms with van der Waals surface area (Å²) >= 11 is 0. The summed E-state index contributed by atoms with van der Waals surface area (Å²) in [4.78, 5) is 12.5. The lowest BCUT2D eigenvalue weighted by Crippen LogP contribution is -2.58. The number of fused-ring (bicyclic) bond motifs is 1. The standard InChI is InChI=1S/C19H29N5O2/c1-2-4-14(3-1)17-22-16-10-21-9-15(16)18(23-17)24-6-8-26-19(12-24)11-20-5-7-25-13-19/h14,20-21H,1-13H2. The highest BCUT2D eigenvalue weighted by Gasteiger charge is 2.40. The van der Waals surface area contributed by atoms with E-state index in [-0.39, 0.29) is 5.60 Å². The third kappa shape index (κ3) is 3.11. The zero-order valence-corrected chi connectivity index (χ0v) is 15.4. The van der Waals surface area contributed by atoms with Crippen LogP contribution in [0.15, 0.2) is 0 Å². The summed E-state index contributed by atoms with van der Waals surface area (Å²) in [7, 11) is 0. The van der Waals surface area contributed by atoms with E-state index >= 15 is 0 Å². The first kappa shape index (κ1) is 16.9. The number of nitrogens with one attached hydrogen (secondary N) is 2. The highest BCUT2D eigenvalue weighted by Crippen LogP contribution is 2.36. The van der Waals surface area contributed by atoms with Gasteiger partial charge in [0.2, 0.25) is 0 Å². The number of aromatic nitrogens is 2. The third-order valence-electron chi connectivity index (χ3n) is 6.19. The molecule has 3 fully saturated rings. The molecule has 1 aromatic rings. The summed E-state index contributed by atoms with van der Waals surface area (Å²) in [5.74, 6) is 2.74. The van der Waals surface area contributed by atoms with Crippen molar-refractivity contribution in [2.45, 2.75) is 50.3 Å². The molecule has 2 N–H and O–H groups in total. The predicted octanol–water partition coefficient (Wildman–Crippen LogP) is 0.933. The van der Waals surface area contributed by atoms with Crippen LogP contribution in [0.25, 0.3) is 0 Å². The number of nitrogens with zero attached hydrogens (tertiary/aromatic N) is 3. The van der Waals surface area contributed by atoms with Gasteiger partial charge in [0.05, 0.1) is 32.1 Å². The molecule has 7 nitrogen and oxygen atoms in total. The third-order valence-corrected chi connectivity index (χ3v) is 6.19. The van der Waals surface area contributed by atoms with Gasteiger partial charge in [-0.3, -0.25) is 0 Å². The topological polar surface area (TPSA) is 71.5 Å². The lowest BCUT2D eigenvalue weighted by molar-refractivity contribution is -0.0914. The van der Waals surface area contributed by atoms with Crippen LogP contribution >= 0.6 is 0 Å². The van der Waals surface area contributed by atoms with Crippen molar-refractivity contribution < 1.29 is 9.47 Å². The Morgan fingerprint density at radius 3 is 2.92 bits per heavy atom. The molecule has 1 unspecified atom stereocenters. The van der Waals surface area contributed by atoms with Gasteiger partial charge in [-0.15, -0.1) is 0 Å². The van der Waals surface area contributed by atoms with Crippen molar-refractivity contribution in [2.24, 2.45) is 0 Å². The van der Waals surface area contributed by atoms with E-state index in [0.29, 0.717) is 12.5 Å². The minimum absolute atomic E-state index is 0.272. The molecule has 1 spiro atoms. The number of anilines is 1. The van der Waals surface area contributed by atoms with Gasteiger partial charge in [-0.2, -0.15) is 0 Å². The van der Waals surface area contributed by atoms with Gasteiger partial charge in [0.15, 0.2) is 0 Å². The first-order valence-electron chi connectivity index (χ1n) is 10.1. The summed E-state index contributed by atoms with van der Waals surface area (Å²) in [6, 6.07) is 0. The van der Waals surface area contributed by atoms with E-state index in [2.05, 4.69) is 15.5 Å². The molecule has 3 aliphatic heterocycles. The molecule has 26 heavy (non-hydrogen) atoms. The Morgan fingerprint density at radius 2 is 2.00 bits per heavy atom. The fourth-order valence-corrected chi connectivity index (χ4v) is 4.79. The first-order valence-corrected chi connectivity index (χ1v) is 10.1. The number of hydrogen-bond acceptors (Lipinski definition) is 7. The lowest BCUT2D eigenvalue weighted by atomic mass is 10.0. The second-order valence-electron chi connectivity index (χ2n) is 8.10. The van der Waals surface area contributed by atoms with Gasteiger partial charge in [0, 0.05) is 44.2 Å². The second kappa shape index (κ2) is 7.03. The summed E-state index contributed by atoms with van der Waals surface area (Å²) in [6.07, 6.45) is 5.08. The lowest BCUT2D eigenvalue weighted by Gasteiger charge is -2.42. The van der Waals surface area contributed by atoms with E-state index in [1.807, 2.05) is 0 Å².